The van der Waals surface area contributed by atoms with Crippen LogP contribution in [0.5, 0.6) is 0 Å². The fourth-order valence-corrected chi connectivity index (χ4v) is 2.07. The zero-order valence-corrected chi connectivity index (χ0v) is 12.1. The Bertz CT molecular complexity index is 443. The molecule has 3 N–H and O–H groups in total. The van der Waals surface area contributed by atoms with E-state index in [0.29, 0.717) is 0 Å². The van der Waals surface area contributed by atoms with Crippen molar-refractivity contribution < 1.29 is 5.11 Å². The molecule has 0 spiro atoms. The SMILES string of the molecule is CCNc1nc(CC)nc(NCC2(CO)CC2)c1C. The standard InChI is InChI=1S/C14H24N4O/c1-4-11-17-12(15-5-2)10(3)13(18-11)16-8-14(9-19)6-7-14/h19H,4-9H2,1-3H3,(H2,15,16,17,18). The van der Waals surface area contributed by atoms with E-state index in [1.54, 1.807) is 0 Å². The maximum atomic E-state index is 9.36. The van der Waals surface area contributed by atoms with Crippen LogP contribution in [-0.4, -0.2) is 34.8 Å². The number of rotatable bonds is 7. The van der Waals surface area contributed by atoms with E-state index in [9.17, 15) is 5.11 Å². The highest BCUT2D eigenvalue weighted by atomic mass is 16.3. The molecule has 1 heterocycles. The lowest BCUT2D eigenvalue weighted by Gasteiger charge is -2.17. The summed E-state index contributed by atoms with van der Waals surface area (Å²) in [7, 11) is 0. The van der Waals surface area contributed by atoms with Crippen LogP contribution in [0.3, 0.4) is 0 Å². The highest BCUT2D eigenvalue weighted by Gasteiger charge is 2.41. The first-order valence-electron chi connectivity index (χ1n) is 7.10. The van der Waals surface area contributed by atoms with Crippen LogP contribution in [-0.2, 0) is 6.42 Å². The molecule has 0 radical (unpaired) electrons. The molecule has 1 aromatic rings. The molecule has 0 aromatic carbocycles. The average molecular weight is 264 g/mol. The van der Waals surface area contributed by atoms with Gasteiger partial charge in [0.25, 0.3) is 0 Å². The number of aliphatic hydroxyl groups excluding tert-OH is 1. The minimum atomic E-state index is 0.0854. The molecule has 1 aromatic heterocycles. The Morgan fingerprint density at radius 2 is 1.79 bits per heavy atom. The van der Waals surface area contributed by atoms with Crippen molar-refractivity contribution in [3.8, 4) is 0 Å². The topological polar surface area (TPSA) is 70.1 Å². The lowest BCUT2D eigenvalue weighted by molar-refractivity contribution is 0.219. The van der Waals surface area contributed by atoms with E-state index in [1.165, 1.54) is 0 Å². The molecule has 0 amide bonds. The summed E-state index contributed by atoms with van der Waals surface area (Å²) in [6.07, 6.45) is 3.02. The van der Waals surface area contributed by atoms with Gasteiger partial charge in [0.1, 0.15) is 17.5 Å². The van der Waals surface area contributed by atoms with Gasteiger partial charge in [-0.25, -0.2) is 9.97 Å². The van der Waals surface area contributed by atoms with E-state index in [4.69, 9.17) is 0 Å². The van der Waals surface area contributed by atoms with Gasteiger partial charge in [0, 0.05) is 30.5 Å². The molecule has 0 saturated heterocycles. The minimum Gasteiger partial charge on any atom is -0.396 e. The molecule has 5 nitrogen and oxygen atoms in total. The van der Waals surface area contributed by atoms with Crippen molar-refractivity contribution >= 4 is 11.6 Å². The largest absolute Gasteiger partial charge is 0.396 e. The van der Waals surface area contributed by atoms with Gasteiger partial charge in [-0.1, -0.05) is 6.92 Å². The number of aryl methyl sites for hydroxylation is 1. The summed E-state index contributed by atoms with van der Waals surface area (Å²) in [5.41, 5.74) is 1.13. The van der Waals surface area contributed by atoms with E-state index in [2.05, 4.69) is 34.4 Å². The van der Waals surface area contributed by atoms with E-state index in [-0.39, 0.29) is 12.0 Å². The Morgan fingerprint density at radius 1 is 1.16 bits per heavy atom. The maximum absolute atomic E-state index is 9.36. The number of anilines is 2. The highest BCUT2D eigenvalue weighted by Crippen LogP contribution is 2.45. The van der Waals surface area contributed by atoms with Crippen molar-refractivity contribution in [2.45, 2.75) is 40.0 Å². The molecule has 5 heteroatoms. The van der Waals surface area contributed by atoms with Crippen molar-refractivity contribution in [1.29, 1.82) is 0 Å². The number of hydrogen-bond donors (Lipinski definition) is 3. The van der Waals surface area contributed by atoms with Crippen molar-refractivity contribution in [1.82, 2.24) is 9.97 Å². The molecule has 19 heavy (non-hydrogen) atoms. The van der Waals surface area contributed by atoms with Crippen molar-refractivity contribution in [2.24, 2.45) is 5.41 Å². The predicted molar refractivity (Wildman–Crippen MR) is 77.6 cm³/mol. The fourth-order valence-electron chi connectivity index (χ4n) is 2.07. The molecular weight excluding hydrogens is 240 g/mol. The van der Waals surface area contributed by atoms with E-state index < -0.39 is 0 Å². The number of nitrogens with zero attached hydrogens (tertiary/aromatic N) is 2. The molecular formula is C14H24N4O. The maximum Gasteiger partial charge on any atom is 0.134 e. The van der Waals surface area contributed by atoms with Gasteiger partial charge in [-0.05, 0) is 26.7 Å². The molecule has 1 aliphatic carbocycles. The van der Waals surface area contributed by atoms with Crippen LogP contribution >= 0.6 is 0 Å². The van der Waals surface area contributed by atoms with Crippen molar-refractivity contribution in [2.75, 3.05) is 30.3 Å². The average Bonchev–Trinajstić information content (AvgIpc) is 3.20. The minimum absolute atomic E-state index is 0.0854. The Morgan fingerprint density at radius 3 is 2.26 bits per heavy atom. The summed E-state index contributed by atoms with van der Waals surface area (Å²) in [6, 6.07) is 0. The van der Waals surface area contributed by atoms with E-state index >= 15 is 0 Å². The zero-order valence-electron chi connectivity index (χ0n) is 12.1. The second-order valence-corrected chi connectivity index (χ2v) is 5.36. The van der Waals surface area contributed by atoms with Gasteiger partial charge in [-0.3, -0.25) is 0 Å². The predicted octanol–water partition coefficient (Wildman–Crippen LogP) is 1.96. The van der Waals surface area contributed by atoms with Gasteiger partial charge in [-0.2, -0.15) is 0 Å². The third-order valence-electron chi connectivity index (χ3n) is 3.78. The molecule has 1 saturated carbocycles. The lowest BCUT2D eigenvalue weighted by atomic mass is 10.1. The number of aromatic nitrogens is 2. The van der Waals surface area contributed by atoms with Gasteiger partial charge >= 0.3 is 0 Å². The summed E-state index contributed by atoms with van der Waals surface area (Å²) >= 11 is 0. The summed E-state index contributed by atoms with van der Waals surface area (Å²) in [4.78, 5) is 9.06. The normalized spacial score (nSPS) is 16.2. The second-order valence-electron chi connectivity index (χ2n) is 5.36. The number of hydrogen-bond acceptors (Lipinski definition) is 5. The molecule has 2 rings (SSSR count). The highest BCUT2D eigenvalue weighted by molar-refractivity contribution is 5.57. The van der Waals surface area contributed by atoms with Crippen LogP contribution in [0.1, 0.15) is 38.1 Å². The van der Waals surface area contributed by atoms with Gasteiger partial charge in [-0.15, -0.1) is 0 Å². The third-order valence-corrected chi connectivity index (χ3v) is 3.78. The van der Waals surface area contributed by atoms with Gasteiger partial charge in [0.2, 0.25) is 0 Å². The van der Waals surface area contributed by atoms with Gasteiger partial charge < -0.3 is 15.7 Å². The Hall–Kier alpha value is -1.36. The number of aliphatic hydroxyl groups is 1. The molecule has 1 fully saturated rings. The quantitative estimate of drug-likeness (QED) is 0.702. The summed E-state index contributed by atoms with van der Waals surface area (Å²) in [5, 5.41) is 16.0. The monoisotopic (exact) mass is 264 g/mol. The second kappa shape index (κ2) is 5.74. The summed E-state index contributed by atoms with van der Waals surface area (Å²) < 4.78 is 0. The summed E-state index contributed by atoms with van der Waals surface area (Å²) in [5.74, 6) is 2.64. The molecule has 0 atom stereocenters. The first kappa shape index (κ1) is 14.1. The van der Waals surface area contributed by atoms with E-state index in [1.807, 2.05) is 6.92 Å². The Labute approximate surface area is 114 Å². The molecule has 1 aliphatic rings. The molecule has 106 valence electrons. The van der Waals surface area contributed by atoms with Crippen molar-refractivity contribution in [3.63, 3.8) is 0 Å². The molecule has 0 unspecified atom stereocenters. The summed E-state index contributed by atoms with van der Waals surface area (Å²) in [6.45, 7) is 8.03. The zero-order chi connectivity index (χ0) is 13.9. The van der Waals surface area contributed by atoms with Crippen LogP contribution in [0.15, 0.2) is 0 Å². The van der Waals surface area contributed by atoms with Crippen LogP contribution in [0.2, 0.25) is 0 Å². The smallest absolute Gasteiger partial charge is 0.134 e. The van der Waals surface area contributed by atoms with Gasteiger partial charge in [0.05, 0.1) is 6.61 Å². The Kier molecular flexibility index (Phi) is 4.24. The van der Waals surface area contributed by atoms with Crippen LogP contribution in [0.25, 0.3) is 0 Å². The Balaban J connectivity index is 2.15. The van der Waals surface area contributed by atoms with Crippen molar-refractivity contribution in [3.05, 3.63) is 11.4 Å². The first-order valence-corrected chi connectivity index (χ1v) is 7.10. The third kappa shape index (κ3) is 3.15. The fraction of sp³-hybridized carbons (Fsp3) is 0.714. The van der Waals surface area contributed by atoms with Gasteiger partial charge in [0.15, 0.2) is 0 Å². The molecule has 0 bridgehead atoms. The van der Waals surface area contributed by atoms with E-state index in [0.717, 1.165) is 55.4 Å². The van der Waals surface area contributed by atoms with Crippen LogP contribution in [0, 0.1) is 12.3 Å². The first-order chi connectivity index (χ1) is 9.14. The lowest BCUT2D eigenvalue weighted by Crippen LogP contribution is -2.21. The molecule has 0 aliphatic heterocycles. The van der Waals surface area contributed by atoms with Crippen LogP contribution < -0.4 is 10.6 Å². The number of nitrogens with one attached hydrogen (secondary N) is 2. The van der Waals surface area contributed by atoms with Crippen LogP contribution in [0.4, 0.5) is 11.6 Å².